The summed E-state index contributed by atoms with van der Waals surface area (Å²) in [5, 5.41) is 10.2. The molecule has 24 heavy (non-hydrogen) atoms. The molecule has 0 aliphatic heterocycles. The highest BCUT2D eigenvalue weighted by atomic mass is 35.5. The zero-order chi connectivity index (χ0) is 17.7. The molecule has 0 amide bonds. The van der Waals surface area contributed by atoms with Gasteiger partial charge in [0, 0.05) is 11.6 Å². The lowest BCUT2D eigenvalue weighted by Gasteiger charge is -2.12. The molecular weight excluding hydrogens is 390 g/mol. The molecule has 0 unspecified atom stereocenters. The minimum atomic E-state index is 0.0731. The molecule has 0 N–H and O–H groups in total. The number of rotatable bonds is 6. The van der Waals surface area contributed by atoms with E-state index in [4.69, 9.17) is 56.4 Å². The van der Waals surface area contributed by atoms with Crippen LogP contribution in [0.1, 0.15) is 36.6 Å². The summed E-state index contributed by atoms with van der Waals surface area (Å²) >= 11 is 24.3. The summed E-state index contributed by atoms with van der Waals surface area (Å²) in [6.45, 7) is 2.18. The highest BCUT2D eigenvalue weighted by Gasteiger charge is 2.15. The summed E-state index contributed by atoms with van der Waals surface area (Å²) in [5.74, 6) is 0.346. The van der Waals surface area contributed by atoms with E-state index in [2.05, 4.69) is 11.9 Å². The predicted molar refractivity (Wildman–Crippen MR) is 98.4 cm³/mol. The van der Waals surface area contributed by atoms with E-state index in [1.807, 2.05) is 12.1 Å². The van der Waals surface area contributed by atoms with Crippen LogP contribution >= 0.6 is 46.4 Å². The van der Waals surface area contributed by atoms with Gasteiger partial charge in [-0.25, -0.2) is 4.98 Å². The molecule has 0 saturated heterocycles. The highest BCUT2D eigenvalue weighted by Crippen LogP contribution is 2.37. The Morgan fingerprint density at radius 1 is 1.08 bits per heavy atom. The lowest BCUT2D eigenvalue weighted by atomic mass is 10.1. The smallest absolute Gasteiger partial charge is 0.215 e. The van der Waals surface area contributed by atoms with Gasteiger partial charge in [-0.3, -0.25) is 0 Å². The van der Waals surface area contributed by atoms with Gasteiger partial charge in [0.1, 0.15) is 18.4 Å². The number of hydrogen-bond donors (Lipinski definition) is 0. The van der Waals surface area contributed by atoms with Gasteiger partial charge in [0.25, 0.3) is 0 Å². The van der Waals surface area contributed by atoms with E-state index in [1.54, 1.807) is 6.07 Å². The Hall–Kier alpha value is -1.18. The van der Waals surface area contributed by atoms with Gasteiger partial charge in [0.2, 0.25) is 5.88 Å². The fraction of sp³-hybridized carbons (Fsp3) is 0.294. The molecule has 0 atom stereocenters. The Bertz CT molecular complexity index is 787. The second-order valence-corrected chi connectivity index (χ2v) is 6.72. The molecule has 1 aromatic heterocycles. The number of hydrogen-bond acceptors (Lipinski definition) is 3. The number of pyridine rings is 1. The summed E-state index contributed by atoms with van der Waals surface area (Å²) in [4.78, 5) is 4.15. The van der Waals surface area contributed by atoms with Gasteiger partial charge in [-0.05, 0) is 30.5 Å². The maximum absolute atomic E-state index is 9.11. The van der Waals surface area contributed by atoms with Gasteiger partial charge >= 0.3 is 0 Å². The number of nitrogens with zero attached hydrogens (tertiary/aromatic N) is 2. The first-order valence-corrected chi connectivity index (χ1v) is 8.83. The van der Waals surface area contributed by atoms with E-state index in [1.165, 1.54) is 6.07 Å². The fourth-order valence-electron chi connectivity index (χ4n) is 2.10. The van der Waals surface area contributed by atoms with E-state index in [0.29, 0.717) is 22.2 Å². The van der Waals surface area contributed by atoms with Gasteiger partial charge in [0.05, 0.1) is 20.1 Å². The molecule has 2 aromatic rings. The third-order valence-electron chi connectivity index (χ3n) is 3.37. The third-order valence-corrected chi connectivity index (χ3v) is 5.01. The Kier molecular flexibility index (Phi) is 7.01. The van der Waals surface area contributed by atoms with Crippen LogP contribution in [0.4, 0.5) is 0 Å². The predicted octanol–water partition coefficient (Wildman–Crippen LogP) is 6.49. The lowest BCUT2D eigenvalue weighted by Crippen LogP contribution is -2.02. The fourth-order valence-corrected chi connectivity index (χ4v) is 3.14. The lowest BCUT2D eigenvalue weighted by molar-refractivity contribution is 0.293. The molecule has 0 radical (unpaired) electrons. The van der Waals surface area contributed by atoms with Crippen LogP contribution in [0.3, 0.4) is 0 Å². The van der Waals surface area contributed by atoms with Crippen LogP contribution in [0.15, 0.2) is 18.2 Å². The molecule has 1 aromatic carbocycles. The van der Waals surface area contributed by atoms with Crippen molar-refractivity contribution in [2.24, 2.45) is 0 Å². The second-order valence-electron chi connectivity index (χ2n) is 5.15. The van der Waals surface area contributed by atoms with Gasteiger partial charge in [-0.2, -0.15) is 5.26 Å². The van der Waals surface area contributed by atoms with Crippen molar-refractivity contribution in [2.75, 3.05) is 0 Å². The van der Waals surface area contributed by atoms with Crippen molar-refractivity contribution in [1.29, 1.82) is 5.26 Å². The molecule has 0 spiro atoms. The van der Waals surface area contributed by atoms with Crippen LogP contribution in [0, 0.1) is 11.3 Å². The van der Waals surface area contributed by atoms with Gasteiger partial charge < -0.3 is 4.74 Å². The standard InChI is InChI=1S/C17H14Cl4N2O/c1-2-3-4-10-5-11(8-22)23-15(6-10)24-9-12-13(18)7-14(19)17(21)16(12)20/h5-7H,2-4,9H2,1H3. The van der Waals surface area contributed by atoms with Gasteiger partial charge in [-0.1, -0.05) is 59.7 Å². The van der Waals surface area contributed by atoms with Crippen LogP contribution in [-0.4, -0.2) is 4.98 Å². The molecule has 7 heteroatoms. The molecule has 1 heterocycles. The van der Waals surface area contributed by atoms with Crippen molar-refractivity contribution < 1.29 is 4.74 Å². The van der Waals surface area contributed by atoms with Crippen LogP contribution < -0.4 is 4.74 Å². The van der Waals surface area contributed by atoms with Gasteiger partial charge in [-0.15, -0.1) is 0 Å². The number of aromatic nitrogens is 1. The number of ether oxygens (including phenoxy) is 1. The number of unbranched alkanes of at least 4 members (excludes halogenated alkanes) is 1. The van der Waals surface area contributed by atoms with E-state index in [0.717, 1.165) is 24.8 Å². The van der Waals surface area contributed by atoms with E-state index >= 15 is 0 Å². The Balaban J connectivity index is 2.23. The van der Waals surface area contributed by atoms with Crippen LogP contribution in [0.25, 0.3) is 0 Å². The molecule has 0 fully saturated rings. The van der Waals surface area contributed by atoms with Crippen molar-refractivity contribution in [3.63, 3.8) is 0 Å². The molecule has 0 bridgehead atoms. The molecular formula is C17H14Cl4N2O. The van der Waals surface area contributed by atoms with E-state index < -0.39 is 0 Å². The summed E-state index contributed by atoms with van der Waals surface area (Å²) in [5.41, 5.74) is 1.83. The summed E-state index contributed by atoms with van der Waals surface area (Å²) in [6.07, 6.45) is 2.95. The minimum absolute atomic E-state index is 0.0731. The van der Waals surface area contributed by atoms with E-state index in [9.17, 15) is 0 Å². The monoisotopic (exact) mass is 402 g/mol. The normalized spacial score (nSPS) is 10.5. The zero-order valence-corrected chi connectivity index (χ0v) is 15.9. The zero-order valence-electron chi connectivity index (χ0n) is 12.9. The first kappa shape index (κ1) is 19.1. The van der Waals surface area contributed by atoms with E-state index in [-0.39, 0.29) is 21.7 Å². The molecule has 0 aliphatic carbocycles. The Morgan fingerprint density at radius 3 is 2.50 bits per heavy atom. The Morgan fingerprint density at radius 2 is 1.83 bits per heavy atom. The van der Waals surface area contributed by atoms with Crippen molar-refractivity contribution in [1.82, 2.24) is 4.98 Å². The second kappa shape index (κ2) is 8.78. The summed E-state index contributed by atoms with van der Waals surface area (Å²) < 4.78 is 5.68. The molecule has 2 rings (SSSR count). The first-order chi connectivity index (χ1) is 11.5. The third kappa shape index (κ3) is 4.68. The van der Waals surface area contributed by atoms with Crippen molar-refractivity contribution in [3.8, 4) is 11.9 Å². The van der Waals surface area contributed by atoms with Crippen LogP contribution in [0.2, 0.25) is 20.1 Å². The number of nitriles is 1. The number of aryl methyl sites for hydroxylation is 1. The maximum Gasteiger partial charge on any atom is 0.215 e. The SMILES string of the molecule is CCCCc1cc(C#N)nc(OCc2c(Cl)cc(Cl)c(Cl)c2Cl)c1. The van der Waals surface area contributed by atoms with Crippen LogP contribution in [-0.2, 0) is 13.0 Å². The Labute approximate surface area is 161 Å². The van der Waals surface area contributed by atoms with Crippen molar-refractivity contribution in [3.05, 3.63) is 55.1 Å². The molecule has 0 aliphatic rings. The molecule has 3 nitrogen and oxygen atoms in total. The largest absolute Gasteiger partial charge is 0.473 e. The quantitative estimate of drug-likeness (QED) is 0.409. The average molecular weight is 404 g/mol. The number of halogens is 4. The highest BCUT2D eigenvalue weighted by molar-refractivity contribution is 6.49. The van der Waals surface area contributed by atoms with Crippen molar-refractivity contribution in [2.45, 2.75) is 32.8 Å². The maximum atomic E-state index is 9.11. The van der Waals surface area contributed by atoms with Gasteiger partial charge in [0.15, 0.2) is 0 Å². The number of benzene rings is 1. The minimum Gasteiger partial charge on any atom is -0.473 e. The van der Waals surface area contributed by atoms with Crippen LogP contribution in [0.5, 0.6) is 5.88 Å². The topological polar surface area (TPSA) is 45.9 Å². The molecule has 126 valence electrons. The van der Waals surface area contributed by atoms with Crippen molar-refractivity contribution >= 4 is 46.4 Å². The summed E-state index contributed by atoms with van der Waals surface area (Å²) in [7, 11) is 0. The first-order valence-electron chi connectivity index (χ1n) is 7.32. The average Bonchev–Trinajstić information content (AvgIpc) is 2.57. The summed E-state index contributed by atoms with van der Waals surface area (Å²) in [6, 6.07) is 7.14. The molecule has 0 saturated carbocycles.